The standard InChI is InChI=1S/C12H14F3NO3S/c13-8-3-4-9(11(15)10(8)14)20(18,19)16-12(7-17)5-1-2-6-12/h3-4,16-17H,1-2,5-7H2. The molecule has 112 valence electrons. The minimum Gasteiger partial charge on any atom is -0.394 e. The van der Waals surface area contributed by atoms with E-state index in [1.165, 1.54) is 0 Å². The van der Waals surface area contributed by atoms with Crippen molar-refractivity contribution in [3.63, 3.8) is 0 Å². The van der Waals surface area contributed by atoms with Gasteiger partial charge in [0.15, 0.2) is 17.5 Å². The summed E-state index contributed by atoms with van der Waals surface area (Å²) in [4.78, 5) is -0.962. The molecular weight excluding hydrogens is 295 g/mol. The second kappa shape index (κ2) is 5.34. The molecule has 1 aliphatic carbocycles. The Morgan fingerprint density at radius 1 is 1.15 bits per heavy atom. The van der Waals surface area contributed by atoms with Gasteiger partial charge >= 0.3 is 0 Å². The molecule has 0 radical (unpaired) electrons. The van der Waals surface area contributed by atoms with Gasteiger partial charge in [0.25, 0.3) is 0 Å². The van der Waals surface area contributed by atoms with Crippen LogP contribution in [0.25, 0.3) is 0 Å². The molecule has 0 spiro atoms. The zero-order chi connectivity index (χ0) is 15.0. The quantitative estimate of drug-likeness (QED) is 0.832. The first-order valence-corrected chi connectivity index (χ1v) is 7.58. The lowest BCUT2D eigenvalue weighted by atomic mass is 10.0. The Morgan fingerprint density at radius 2 is 1.75 bits per heavy atom. The van der Waals surface area contributed by atoms with Crippen LogP contribution in [0.5, 0.6) is 0 Å². The van der Waals surface area contributed by atoms with Gasteiger partial charge in [-0.25, -0.2) is 26.3 Å². The van der Waals surface area contributed by atoms with Gasteiger partial charge in [0.05, 0.1) is 12.1 Å². The van der Waals surface area contributed by atoms with Crippen molar-refractivity contribution in [2.75, 3.05) is 6.61 Å². The van der Waals surface area contributed by atoms with Crippen LogP contribution < -0.4 is 4.72 Å². The molecule has 1 fully saturated rings. The second-order valence-electron chi connectivity index (χ2n) is 4.92. The highest BCUT2D eigenvalue weighted by atomic mass is 32.2. The van der Waals surface area contributed by atoms with Crippen LogP contribution in [-0.4, -0.2) is 25.7 Å². The Bertz CT molecular complexity index is 613. The molecule has 2 rings (SSSR count). The highest BCUT2D eigenvalue weighted by Crippen LogP contribution is 2.31. The van der Waals surface area contributed by atoms with Gasteiger partial charge in [-0.3, -0.25) is 0 Å². The monoisotopic (exact) mass is 309 g/mol. The van der Waals surface area contributed by atoms with Gasteiger partial charge in [-0.2, -0.15) is 0 Å². The first kappa shape index (κ1) is 15.3. The summed E-state index contributed by atoms with van der Waals surface area (Å²) in [6.07, 6.45) is 2.27. The Labute approximate surface area is 114 Å². The summed E-state index contributed by atoms with van der Waals surface area (Å²) in [5, 5.41) is 9.34. The fourth-order valence-electron chi connectivity index (χ4n) is 2.40. The molecule has 4 nitrogen and oxygen atoms in total. The zero-order valence-corrected chi connectivity index (χ0v) is 11.3. The number of hydrogen-bond donors (Lipinski definition) is 2. The van der Waals surface area contributed by atoms with Crippen LogP contribution in [0, 0.1) is 17.5 Å². The summed E-state index contributed by atoms with van der Waals surface area (Å²) in [6.45, 7) is -0.433. The van der Waals surface area contributed by atoms with Crippen LogP contribution in [0.2, 0.25) is 0 Å². The molecule has 0 saturated heterocycles. The van der Waals surface area contributed by atoms with Crippen LogP contribution in [0.4, 0.5) is 13.2 Å². The van der Waals surface area contributed by atoms with Crippen molar-refractivity contribution in [2.24, 2.45) is 0 Å². The van der Waals surface area contributed by atoms with E-state index >= 15 is 0 Å². The molecule has 0 amide bonds. The first-order valence-electron chi connectivity index (χ1n) is 6.10. The smallest absolute Gasteiger partial charge is 0.244 e. The Morgan fingerprint density at radius 3 is 2.30 bits per heavy atom. The van der Waals surface area contributed by atoms with Crippen molar-refractivity contribution < 1.29 is 26.7 Å². The molecule has 20 heavy (non-hydrogen) atoms. The summed E-state index contributed by atoms with van der Waals surface area (Å²) in [5.74, 6) is -5.06. The molecule has 1 saturated carbocycles. The van der Waals surface area contributed by atoms with E-state index in [4.69, 9.17) is 0 Å². The highest BCUT2D eigenvalue weighted by Gasteiger charge is 2.38. The molecule has 0 aromatic heterocycles. The van der Waals surface area contributed by atoms with Crippen LogP contribution >= 0.6 is 0 Å². The summed E-state index contributed by atoms with van der Waals surface area (Å²) in [6, 6.07) is 1.21. The van der Waals surface area contributed by atoms with Gasteiger partial charge in [0.2, 0.25) is 10.0 Å². The van der Waals surface area contributed by atoms with E-state index < -0.39 is 44.5 Å². The van der Waals surface area contributed by atoms with Crippen molar-refractivity contribution in [1.82, 2.24) is 4.72 Å². The molecule has 1 aromatic rings. The number of aliphatic hydroxyl groups excluding tert-OH is 1. The average Bonchev–Trinajstić information content (AvgIpc) is 2.84. The molecule has 0 bridgehead atoms. The van der Waals surface area contributed by atoms with E-state index in [9.17, 15) is 26.7 Å². The SMILES string of the molecule is O=S(=O)(NC1(CO)CCCC1)c1ccc(F)c(F)c1F. The molecule has 0 heterocycles. The maximum absolute atomic E-state index is 13.6. The third-order valence-electron chi connectivity index (χ3n) is 3.50. The van der Waals surface area contributed by atoms with Crippen molar-refractivity contribution in [2.45, 2.75) is 36.1 Å². The molecule has 8 heteroatoms. The number of hydrogen-bond acceptors (Lipinski definition) is 3. The summed E-state index contributed by atoms with van der Waals surface area (Å²) in [7, 11) is -4.38. The van der Waals surface area contributed by atoms with Gasteiger partial charge in [0.1, 0.15) is 4.90 Å². The molecule has 0 atom stereocenters. The minimum atomic E-state index is -4.38. The number of benzene rings is 1. The predicted octanol–water partition coefficient (Wildman–Crippen LogP) is 1.69. The van der Waals surface area contributed by atoms with E-state index in [0.29, 0.717) is 25.0 Å². The summed E-state index contributed by atoms with van der Waals surface area (Å²) >= 11 is 0. The van der Waals surface area contributed by atoms with E-state index in [1.54, 1.807) is 0 Å². The molecule has 2 N–H and O–H groups in total. The molecule has 0 unspecified atom stereocenters. The van der Waals surface area contributed by atoms with E-state index in [2.05, 4.69) is 4.72 Å². The zero-order valence-electron chi connectivity index (χ0n) is 10.5. The Balaban J connectivity index is 2.38. The molecular formula is C12H14F3NO3S. The third kappa shape index (κ3) is 2.68. The Hall–Kier alpha value is -1.12. The van der Waals surface area contributed by atoms with E-state index in [-0.39, 0.29) is 0 Å². The van der Waals surface area contributed by atoms with Crippen LogP contribution in [0.15, 0.2) is 17.0 Å². The fraction of sp³-hybridized carbons (Fsp3) is 0.500. The maximum atomic E-state index is 13.6. The average molecular weight is 309 g/mol. The van der Waals surface area contributed by atoms with Gasteiger partial charge < -0.3 is 5.11 Å². The van der Waals surface area contributed by atoms with E-state index in [1.807, 2.05) is 0 Å². The summed E-state index contributed by atoms with van der Waals surface area (Å²) in [5.41, 5.74) is -1.06. The first-order chi connectivity index (χ1) is 9.31. The lowest BCUT2D eigenvalue weighted by molar-refractivity contribution is 0.185. The van der Waals surface area contributed by atoms with Gasteiger partial charge in [-0.15, -0.1) is 0 Å². The predicted molar refractivity (Wildman–Crippen MR) is 64.9 cm³/mol. The van der Waals surface area contributed by atoms with Crippen molar-refractivity contribution >= 4 is 10.0 Å². The topological polar surface area (TPSA) is 66.4 Å². The Kier molecular flexibility index (Phi) is 4.08. The minimum absolute atomic E-state index is 0.411. The fourth-order valence-corrected chi connectivity index (χ4v) is 3.92. The molecule has 1 aromatic carbocycles. The summed E-state index contributed by atoms with van der Waals surface area (Å²) < 4.78 is 65.9. The van der Waals surface area contributed by atoms with Crippen LogP contribution in [-0.2, 0) is 10.0 Å². The third-order valence-corrected chi connectivity index (χ3v) is 5.10. The lowest BCUT2D eigenvalue weighted by Gasteiger charge is -2.27. The number of halogens is 3. The second-order valence-corrected chi connectivity index (χ2v) is 6.58. The number of rotatable bonds is 4. The van der Waals surface area contributed by atoms with Crippen LogP contribution in [0.1, 0.15) is 25.7 Å². The molecule has 1 aliphatic rings. The van der Waals surface area contributed by atoms with Gasteiger partial charge in [0, 0.05) is 0 Å². The van der Waals surface area contributed by atoms with Gasteiger partial charge in [-0.1, -0.05) is 12.8 Å². The van der Waals surface area contributed by atoms with Crippen molar-refractivity contribution in [1.29, 1.82) is 0 Å². The molecule has 0 aliphatic heterocycles. The largest absolute Gasteiger partial charge is 0.394 e. The normalized spacial score (nSPS) is 18.4. The van der Waals surface area contributed by atoms with E-state index in [0.717, 1.165) is 12.8 Å². The van der Waals surface area contributed by atoms with Gasteiger partial charge in [-0.05, 0) is 25.0 Å². The maximum Gasteiger partial charge on any atom is 0.244 e. The highest BCUT2D eigenvalue weighted by molar-refractivity contribution is 7.89. The van der Waals surface area contributed by atoms with Crippen molar-refractivity contribution in [3.05, 3.63) is 29.6 Å². The van der Waals surface area contributed by atoms with Crippen molar-refractivity contribution in [3.8, 4) is 0 Å². The number of nitrogens with one attached hydrogen (secondary N) is 1. The number of aliphatic hydroxyl groups is 1. The van der Waals surface area contributed by atoms with Crippen LogP contribution in [0.3, 0.4) is 0 Å². The number of sulfonamides is 1. The lowest BCUT2D eigenvalue weighted by Crippen LogP contribution is -2.49.